The summed E-state index contributed by atoms with van der Waals surface area (Å²) in [5.41, 5.74) is 0.843. The average molecular weight is 383 g/mol. The Kier molecular flexibility index (Phi) is 5.09. The van der Waals surface area contributed by atoms with Crippen LogP contribution in [0.1, 0.15) is 32.9 Å². The molecule has 3 aromatic rings. The molecule has 2 heterocycles. The zero-order valence-corrected chi connectivity index (χ0v) is 14.4. The van der Waals surface area contributed by atoms with Crippen LogP contribution < -0.4 is 0 Å². The van der Waals surface area contributed by atoms with Crippen LogP contribution in [0.3, 0.4) is 0 Å². The standard InChI is InChI=1S/C20H12F3N3O2/c1-12-16(19(27)28)8-17(14-3-5-15(6-4-14)20(21,22)23)18(26-12)7-2-13-9-24-11-25-10-13/h3-6,8-11H,1H3,(H,27,28). The summed E-state index contributed by atoms with van der Waals surface area (Å²) >= 11 is 0. The predicted molar refractivity (Wildman–Crippen MR) is 94.4 cm³/mol. The molecule has 0 radical (unpaired) electrons. The summed E-state index contributed by atoms with van der Waals surface area (Å²) in [5, 5.41) is 9.35. The summed E-state index contributed by atoms with van der Waals surface area (Å²) < 4.78 is 38.4. The van der Waals surface area contributed by atoms with Gasteiger partial charge in [0.2, 0.25) is 0 Å². The normalized spacial score (nSPS) is 10.9. The maximum atomic E-state index is 12.8. The number of aryl methyl sites for hydroxylation is 1. The molecule has 28 heavy (non-hydrogen) atoms. The van der Waals surface area contributed by atoms with Crippen molar-refractivity contribution >= 4 is 5.97 Å². The molecular formula is C20H12F3N3O2. The van der Waals surface area contributed by atoms with Gasteiger partial charge < -0.3 is 5.11 Å². The highest BCUT2D eigenvalue weighted by molar-refractivity contribution is 5.91. The van der Waals surface area contributed by atoms with Gasteiger partial charge in [0.1, 0.15) is 12.0 Å². The van der Waals surface area contributed by atoms with Crippen molar-refractivity contribution < 1.29 is 23.1 Å². The van der Waals surface area contributed by atoms with Crippen LogP contribution in [0.15, 0.2) is 49.1 Å². The topological polar surface area (TPSA) is 76.0 Å². The number of pyridine rings is 1. The smallest absolute Gasteiger partial charge is 0.416 e. The quantitative estimate of drug-likeness (QED) is 0.678. The lowest BCUT2D eigenvalue weighted by Gasteiger charge is -2.11. The van der Waals surface area contributed by atoms with Gasteiger partial charge in [-0.1, -0.05) is 18.1 Å². The number of carboxylic acids is 1. The summed E-state index contributed by atoms with van der Waals surface area (Å²) in [4.78, 5) is 23.4. The van der Waals surface area contributed by atoms with E-state index in [9.17, 15) is 23.1 Å². The number of hydrogen-bond acceptors (Lipinski definition) is 4. The highest BCUT2D eigenvalue weighted by atomic mass is 19.4. The molecule has 0 fully saturated rings. The van der Waals surface area contributed by atoms with Gasteiger partial charge in [0.15, 0.2) is 0 Å². The third kappa shape index (κ3) is 4.15. The first-order valence-electron chi connectivity index (χ1n) is 7.95. The minimum absolute atomic E-state index is 0.0523. The van der Waals surface area contributed by atoms with Crippen molar-refractivity contribution in [3.63, 3.8) is 0 Å². The number of rotatable bonds is 2. The van der Waals surface area contributed by atoms with E-state index in [1.165, 1.54) is 43.8 Å². The Balaban J connectivity index is 2.14. The van der Waals surface area contributed by atoms with Crippen molar-refractivity contribution in [2.45, 2.75) is 13.1 Å². The van der Waals surface area contributed by atoms with Gasteiger partial charge in [-0.2, -0.15) is 13.2 Å². The van der Waals surface area contributed by atoms with Crippen molar-refractivity contribution in [3.8, 4) is 23.0 Å². The Morgan fingerprint density at radius 3 is 2.29 bits per heavy atom. The molecule has 0 aliphatic carbocycles. The fourth-order valence-electron chi connectivity index (χ4n) is 2.47. The minimum Gasteiger partial charge on any atom is -0.478 e. The van der Waals surface area contributed by atoms with Crippen LogP contribution in [0.5, 0.6) is 0 Å². The molecule has 2 aromatic heterocycles. The first-order valence-corrected chi connectivity index (χ1v) is 7.95. The number of carbonyl (C=O) groups is 1. The number of benzene rings is 1. The molecule has 0 saturated carbocycles. The number of aromatic carboxylic acids is 1. The fraction of sp³-hybridized carbons (Fsp3) is 0.100. The van der Waals surface area contributed by atoms with Crippen molar-refractivity contribution in [2.24, 2.45) is 0 Å². The minimum atomic E-state index is -4.47. The van der Waals surface area contributed by atoms with E-state index < -0.39 is 17.7 Å². The van der Waals surface area contributed by atoms with Crippen LogP contribution in [-0.4, -0.2) is 26.0 Å². The Morgan fingerprint density at radius 2 is 1.71 bits per heavy atom. The summed E-state index contributed by atoms with van der Waals surface area (Å²) in [6.07, 6.45) is -0.123. The van der Waals surface area contributed by atoms with E-state index in [1.807, 2.05) is 0 Å². The summed E-state index contributed by atoms with van der Waals surface area (Å²) in [6, 6.07) is 5.74. The number of aromatic nitrogens is 3. The van der Waals surface area contributed by atoms with E-state index in [4.69, 9.17) is 0 Å². The highest BCUT2D eigenvalue weighted by Gasteiger charge is 2.30. The van der Waals surface area contributed by atoms with Crippen LogP contribution >= 0.6 is 0 Å². The number of halogens is 3. The molecule has 0 aliphatic heterocycles. The molecule has 5 nitrogen and oxygen atoms in total. The molecule has 0 amide bonds. The Bertz CT molecular complexity index is 1080. The van der Waals surface area contributed by atoms with Crippen molar-refractivity contribution in [2.75, 3.05) is 0 Å². The predicted octanol–water partition coefficient (Wildman–Crippen LogP) is 3.96. The summed E-state index contributed by atoms with van der Waals surface area (Å²) in [7, 11) is 0. The number of nitrogens with zero attached hydrogens (tertiary/aromatic N) is 3. The second-order valence-corrected chi connectivity index (χ2v) is 5.77. The molecule has 140 valence electrons. The van der Waals surface area contributed by atoms with Gasteiger partial charge in [-0.25, -0.2) is 19.7 Å². The van der Waals surface area contributed by atoms with Gasteiger partial charge in [-0.3, -0.25) is 0 Å². The zero-order chi connectivity index (χ0) is 20.3. The lowest BCUT2D eigenvalue weighted by Crippen LogP contribution is -2.06. The van der Waals surface area contributed by atoms with Crippen molar-refractivity contribution in [3.05, 3.63) is 77.1 Å². The maximum Gasteiger partial charge on any atom is 0.416 e. The first kappa shape index (κ1) is 19.0. The lowest BCUT2D eigenvalue weighted by atomic mass is 9.99. The Labute approximate surface area is 157 Å². The molecule has 0 unspecified atom stereocenters. The Morgan fingerprint density at radius 1 is 1.07 bits per heavy atom. The molecule has 1 aromatic carbocycles. The maximum absolute atomic E-state index is 12.8. The molecule has 0 aliphatic rings. The van der Waals surface area contributed by atoms with E-state index in [1.54, 1.807) is 0 Å². The van der Waals surface area contributed by atoms with Gasteiger partial charge in [-0.05, 0) is 36.6 Å². The van der Waals surface area contributed by atoms with Crippen molar-refractivity contribution in [1.29, 1.82) is 0 Å². The molecule has 3 rings (SSSR count). The average Bonchev–Trinajstić information content (AvgIpc) is 2.66. The second-order valence-electron chi connectivity index (χ2n) is 5.77. The molecule has 0 bridgehead atoms. The van der Waals surface area contributed by atoms with Crippen LogP contribution in [0.2, 0.25) is 0 Å². The van der Waals surface area contributed by atoms with E-state index in [-0.39, 0.29) is 17.0 Å². The van der Waals surface area contributed by atoms with Gasteiger partial charge >= 0.3 is 12.1 Å². The molecule has 8 heteroatoms. The third-order valence-electron chi connectivity index (χ3n) is 3.85. The van der Waals surface area contributed by atoms with E-state index in [0.29, 0.717) is 16.7 Å². The third-order valence-corrected chi connectivity index (χ3v) is 3.85. The van der Waals surface area contributed by atoms with Crippen LogP contribution in [0.4, 0.5) is 13.2 Å². The SMILES string of the molecule is Cc1nc(C#Cc2cncnc2)c(-c2ccc(C(F)(F)F)cc2)cc1C(=O)O. The number of hydrogen-bond donors (Lipinski definition) is 1. The van der Waals surface area contributed by atoms with Crippen LogP contribution in [-0.2, 0) is 6.18 Å². The van der Waals surface area contributed by atoms with E-state index >= 15 is 0 Å². The van der Waals surface area contributed by atoms with Gasteiger partial charge in [0.25, 0.3) is 0 Å². The summed E-state index contributed by atoms with van der Waals surface area (Å²) in [6.45, 7) is 1.52. The largest absolute Gasteiger partial charge is 0.478 e. The Hall–Kier alpha value is -3.73. The number of carboxylic acid groups (broad SMARTS) is 1. The van der Waals surface area contributed by atoms with Crippen LogP contribution in [0, 0.1) is 18.8 Å². The summed E-state index contributed by atoms with van der Waals surface area (Å²) in [5.74, 6) is 4.46. The van der Waals surface area contributed by atoms with Crippen molar-refractivity contribution in [1.82, 2.24) is 15.0 Å². The monoisotopic (exact) mass is 383 g/mol. The zero-order valence-electron chi connectivity index (χ0n) is 14.4. The van der Waals surface area contributed by atoms with E-state index in [0.717, 1.165) is 12.1 Å². The van der Waals surface area contributed by atoms with E-state index in [2.05, 4.69) is 26.8 Å². The lowest BCUT2D eigenvalue weighted by molar-refractivity contribution is -0.137. The first-order chi connectivity index (χ1) is 13.3. The van der Waals surface area contributed by atoms with Gasteiger partial charge in [0.05, 0.1) is 22.4 Å². The number of alkyl halides is 3. The van der Waals surface area contributed by atoms with Gasteiger partial charge in [-0.15, -0.1) is 0 Å². The molecule has 0 spiro atoms. The van der Waals surface area contributed by atoms with Gasteiger partial charge in [0, 0.05) is 18.0 Å². The molecular weight excluding hydrogens is 371 g/mol. The highest BCUT2D eigenvalue weighted by Crippen LogP contribution is 2.32. The molecule has 0 atom stereocenters. The second kappa shape index (κ2) is 7.48. The molecule has 0 saturated heterocycles. The fourth-order valence-corrected chi connectivity index (χ4v) is 2.47. The van der Waals surface area contributed by atoms with Crippen LogP contribution in [0.25, 0.3) is 11.1 Å². The molecule has 1 N–H and O–H groups in total.